The number of anilines is 1. The third-order valence-corrected chi connectivity index (χ3v) is 7.06. The van der Waals surface area contributed by atoms with Gasteiger partial charge in [-0.2, -0.15) is 8.75 Å². The maximum atomic E-state index is 12.7. The lowest BCUT2D eigenvalue weighted by Gasteiger charge is -2.35. The number of aromatic nitrogens is 3. The maximum Gasteiger partial charge on any atom is 0.223 e. The minimum atomic E-state index is -3.61. The number of pyridine rings is 1. The van der Waals surface area contributed by atoms with Crippen LogP contribution in [-0.2, 0) is 14.6 Å². The number of amides is 1. The smallest absolute Gasteiger partial charge is 0.223 e. The molecule has 3 heterocycles. The summed E-state index contributed by atoms with van der Waals surface area (Å²) in [6.45, 7) is 2.47. The third kappa shape index (κ3) is 3.83. The molecule has 0 radical (unpaired) electrons. The minimum Gasteiger partial charge on any atom is -0.353 e. The summed E-state index contributed by atoms with van der Waals surface area (Å²) in [6.07, 6.45) is 1.70. The Hall–Kier alpha value is -2.59. The molecule has 1 aliphatic heterocycles. The first-order valence-corrected chi connectivity index (χ1v) is 11.3. The van der Waals surface area contributed by atoms with E-state index in [0.717, 1.165) is 17.5 Å². The van der Waals surface area contributed by atoms with Gasteiger partial charge >= 0.3 is 0 Å². The van der Waals surface area contributed by atoms with Crippen LogP contribution in [0.15, 0.2) is 47.5 Å². The normalized spacial score (nSPS) is 15.1. The molecule has 0 atom stereocenters. The van der Waals surface area contributed by atoms with Crippen molar-refractivity contribution < 1.29 is 13.2 Å². The van der Waals surface area contributed by atoms with Gasteiger partial charge in [0, 0.05) is 38.8 Å². The summed E-state index contributed by atoms with van der Waals surface area (Å²) >= 11 is 0.979. The van der Waals surface area contributed by atoms with Crippen LogP contribution in [0.25, 0.3) is 11.0 Å². The summed E-state index contributed by atoms with van der Waals surface area (Å²) in [7, 11) is -3.61. The Balaban J connectivity index is 1.36. The van der Waals surface area contributed by atoms with Crippen molar-refractivity contribution >= 4 is 44.3 Å². The first-order chi connectivity index (χ1) is 13.5. The lowest BCUT2D eigenvalue weighted by Crippen LogP contribution is -2.49. The number of fused-ring (bicyclic) bond motifs is 1. The molecule has 4 rings (SSSR count). The van der Waals surface area contributed by atoms with E-state index in [4.69, 9.17) is 0 Å². The molecule has 1 fully saturated rings. The zero-order chi connectivity index (χ0) is 19.6. The Morgan fingerprint density at radius 2 is 1.86 bits per heavy atom. The van der Waals surface area contributed by atoms with Crippen LogP contribution in [0.4, 0.5) is 5.82 Å². The molecule has 28 heavy (non-hydrogen) atoms. The molecule has 146 valence electrons. The zero-order valence-electron chi connectivity index (χ0n) is 15.1. The van der Waals surface area contributed by atoms with Crippen LogP contribution in [0, 0.1) is 0 Å². The molecule has 0 spiro atoms. The van der Waals surface area contributed by atoms with E-state index in [0.29, 0.717) is 37.2 Å². The van der Waals surface area contributed by atoms with Crippen LogP contribution in [-0.4, -0.2) is 64.9 Å². The van der Waals surface area contributed by atoms with E-state index < -0.39 is 9.84 Å². The van der Waals surface area contributed by atoms with Gasteiger partial charge in [0.25, 0.3) is 0 Å². The first-order valence-electron chi connectivity index (χ1n) is 8.92. The van der Waals surface area contributed by atoms with Crippen LogP contribution in [0.2, 0.25) is 0 Å². The number of piperazine rings is 1. The summed E-state index contributed by atoms with van der Waals surface area (Å²) in [4.78, 5) is 20.9. The van der Waals surface area contributed by atoms with E-state index in [1.807, 2.05) is 18.2 Å². The van der Waals surface area contributed by atoms with Crippen LogP contribution >= 0.6 is 11.7 Å². The molecule has 8 nitrogen and oxygen atoms in total. The van der Waals surface area contributed by atoms with Crippen molar-refractivity contribution in [1.82, 2.24) is 18.6 Å². The number of carbonyl (C=O) groups is 1. The summed E-state index contributed by atoms with van der Waals surface area (Å²) in [5.74, 6) is 0.512. The highest BCUT2D eigenvalue weighted by atomic mass is 32.2. The number of carbonyl (C=O) groups excluding carboxylic acids is 1. The second-order valence-electron chi connectivity index (χ2n) is 6.51. The molecule has 10 heteroatoms. The van der Waals surface area contributed by atoms with Gasteiger partial charge in [-0.1, -0.05) is 12.1 Å². The van der Waals surface area contributed by atoms with Crippen molar-refractivity contribution in [2.45, 2.75) is 11.3 Å². The van der Waals surface area contributed by atoms with Gasteiger partial charge in [0.15, 0.2) is 9.84 Å². The minimum absolute atomic E-state index is 0.0418. The van der Waals surface area contributed by atoms with Crippen LogP contribution < -0.4 is 4.90 Å². The number of rotatable bonds is 5. The monoisotopic (exact) mass is 417 g/mol. The number of hydrogen-bond donors (Lipinski definition) is 0. The molecule has 2 aromatic heterocycles. The molecule has 1 aromatic carbocycles. The lowest BCUT2D eigenvalue weighted by atomic mass is 10.3. The average Bonchev–Trinajstić information content (AvgIpc) is 3.21. The molecule has 0 bridgehead atoms. The Morgan fingerprint density at radius 1 is 1.04 bits per heavy atom. The van der Waals surface area contributed by atoms with E-state index in [9.17, 15) is 13.2 Å². The number of sulfone groups is 1. The van der Waals surface area contributed by atoms with Crippen LogP contribution in [0.3, 0.4) is 0 Å². The van der Waals surface area contributed by atoms with E-state index in [1.54, 1.807) is 23.2 Å². The van der Waals surface area contributed by atoms with Gasteiger partial charge in [0.05, 0.1) is 22.4 Å². The molecule has 0 unspecified atom stereocenters. The largest absolute Gasteiger partial charge is 0.353 e. The van der Waals surface area contributed by atoms with Gasteiger partial charge < -0.3 is 9.80 Å². The molecule has 0 N–H and O–H groups in total. The van der Waals surface area contributed by atoms with Gasteiger partial charge in [-0.3, -0.25) is 4.79 Å². The van der Waals surface area contributed by atoms with Gasteiger partial charge in [-0.05, 0) is 24.3 Å². The molecule has 1 saturated heterocycles. The van der Waals surface area contributed by atoms with E-state index in [-0.39, 0.29) is 23.0 Å². The fourth-order valence-electron chi connectivity index (χ4n) is 3.25. The highest BCUT2D eigenvalue weighted by Crippen LogP contribution is 2.23. The molecule has 1 aliphatic rings. The second-order valence-corrected chi connectivity index (χ2v) is 9.12. The Bertz CT molecular complexity index is 1080. The highest BCUT2D eigenvalue weighted by Gasteiger charge is 2.25. The maximum absolute atomic E-state index is 12.7. The van der Waals surface area contributed by atoms with Crippen LogP contribution in [0.1, 0.15) is 6.42 Å². The van der Waals surface area contributed by atoms with Crippen molar-refractivity contribution in [2.24, 2.45) is 0 Å². The summed E-state index contributed by atoms with van der Waals surface area (Å²) in [6, 6.07) is 10.6. The first kappa shape index (κ1) is 18.8. The Labute approximate surface area is 167 Å². The van der Waals surface area contributed by atoms with Crippen molar-refractivity contribution in [3.05, 3.63) is 42.6 Å². The van der Waals surface area contributed by atoms with Crippen molar-refractivity contribution in [3.8, 4) is 0 Å². The molecular weight excluding hydrogens is 398 g/mol. The summed E-state index contributed by atoms with van der Waals surface area (Å²) in [5.41, 5.74) is 0.937. The Morgan fingerprint density at radius 3 is 2.61 bits per heavy atom. The van der Waals surface area contributed by atoms with E-state index in [2.05, 4.69) is 18.6 Å². The molecular formula is C18H19N5O3S2. The van der Waals surface area contributed by atoms with Crippen molar-refractivity contribution in [2.75, 3.05) is 36.8 Å². The van der Waals surface area contributed by atoms with E-state index in [1.165, 1.54) is 6.07 Å². The third-order valence-electron chi connectivity index (χ3n) is 4.77. The van der Waals surface area contributed by atoms with E-state index >= 15 is 0 Å². The summed E-state index contributed by atoms with van der Waals surface area (Å²) in [5, 5.41) is 0. The fraction of sp³-hybridized carbons (Fsp3) is 0.333. The predicted octanol–water partition coefficient (Wildman–Crippen LogP) is 1.60. The molecule has 3 aromatic rings. The van der Waals surface area contributed by atoms with Gasteiger partial charge in [0.1, 0.15) is 16.9 Å². The van der Waals surface area contributed by atoms with Crippen LogP contribution in [0.5, 0.6) is 0 Å². The fourth-order valence-corrected chi connectivity index (χ4v) is 5.25. The van der Waals surface area contributed by atoms with Gasteiger partial charge in [-0.25, -0.2) is 13.4 Å². The van der Waals surface area contributed by atoms with Crippen molar-refractivity contribution in [3.63, 3.8) is 0 Å². The molecule has 0 saturated carbocycles. The number of nitrogens with zero attached hydrogens (tertiary/aromatic N) is 5. The second kappa shape index (κ2) is 7.80. The van der Waals surface area contributed by atoms with Crippen molar-refractivity contribution in [1.29, 1.82) is 0 Å². The Kier molecular flexibility index (Phi) is 5.23. The predicted molar refractivity (Wildman–Crippen MR) is 107 cm³/mol. The molecule has 0 aliphatic carbocycles. The SMILES string of the molecule is O=C(CCS(=O)(=O)c1cccc2nsnc12)N1CCN(c2ccccn2)CC1. The highest BCUT2D eigenvalue weighted by molar-refractivity contribution is 7.91. The summed E-state index contributed by atoms with van der Waals surface area (Å²) < 4.78 is 33.6. The number of benzene rings is 1. The average molecular weight is 418 g/mol. The lowest BCUT2D eigenvalue weighted by molar-refractivity contribution is -0.131. The standard InChI is InChI=1S/C18H19N5O3S2/c24-17(23-11-9-22(10-12-23)16-6-1-2-8-19-16)7-13-28(25,26)15-5-3-4-14-18(15)21-27-20-14/h1-6,8H,7,9-13H2. The van der Waals surface area contributed by atoms with Gasteiger partial charge in [-0.15, -0.1) is 0 Å². The molecule has 1 amide bonds. The number of hydrogen-bond acceptors (Lipinski definition) is 8. The zero-order valence-corrected chi connectivity index (χ0v) is 16.7. The quantitative estimate of drug-likeness (QED) is 0.622. The topological polar surface area (TPSA) is 96.4 Å². The van der Waals surface area contributed by atoms with Gasteiger partial charge in [0.2, 0.25) is 5.91 Å².